The van der Waals surface area contributed by atoms with Crippen molar-refractivity contribution in [2.24, 2.45) is 0 Å². The Bertz CT molecular complexity index is 509. The lowest BCUT2D eigenvalue weighted by Gasteiger charge is -2.06. The summed E-state index contributed by atoms with van der Waals surface area (Å²) in [7, 11) is 0. The van der Waals surface area contributed by atoms with Gasteiger partial charge in [-0.25, -0.2) is 0 Å². The molecule has 0 fully saturated rings. The molecule has 0 saturated carbocycles. The van der Waals surface area contributed by atoms with Crippen LogP contribution in [-0.4, -0.2) is 17.4 Å². The number of benzene rings is 2. The van der Waals surface area contributed by atoms with Crippen LogP contribution in [0.4, 0.5) is 5.69 Å². The van der Waals surface area contributed by atoms with Gasteiger partial charge in [0.15, 0.2) is 5.78 Å². The van der Waals surface area contributed by atoms with Crippen LogP contribution in [0.2, 0.25) is 0 Å². The highest BCUT2D eigenvalue weighted by molar-refractivity contribution is 6.01. The SMILES string of the molecule is O=C(CNc1ccccc1)c1ccccc1O. The zero-order valence-electron chi connectivity index (χ0n) is 9.26. The monoisotopic (exact) mass is 227 g/mol. The zero-order valence-corrected chi connectivity index (χ0v) is 9.26. The van der Waals surface area contributed by atoms with Crippen LogP contribution < -0.4 is 5.32 Å². The molecule has 0 aliphatic rings. The minimum atomic E-state index is -0.132. The van der Waals surface area contributed by atoms with E-state index in [4.69, 9.17) is 0 Å². The van der Waals surface area contributed by atoms with Crippen LogP contribution in [0.1, 0.15) is 10.4 Å². The van der Waals surface area contributed by atoms with E-state index in [1.807, 2.05) is 30.3 Å². The molecule has 17 heavy (non-hydrogen) atoms. The van der Waals surface area contributed by atoms with Crippen molar-refractivity contribution in [3.63, 3.8) is 0 Å². The molecule has 0 spiro atoms. The highest BCUT2D eigenvalue weighted by atomic mass is 16.3. The zero-order chi connectivity index (χ0) is 12.1. The van der Waals surface area contributed by atoms with Crippen LogP contribution in [0.5, 0.6) is 5.75 Å². The van der Waals surface area contributed by atoms with E-state index in [9.17, 15) is 9.90 Å². The number of carbonyl (C=O) groups is 1. The first-order valence-electron chi connectivity index (χ1n) is 5.37. The number of ketones is 1. The first kappa shape index (κ1) is 11.2. The summed E-state index contributed by atoms with van der Waals surface area (Å²) in [5.74, 6) is -0.112. The number of anilines is 1. The Morgan fingerprint density at radius 3 is 2.35 bits per heavy atom. The predicted molar refractivity (Wildman–Crippen MR) is 67.4 cm³/mol. The third kappa shape index (κ3) is 2.84. The molecule has 0 unspecified atom stereocenters. The lowest BCUT2D eigenvalue weighted by atomic mass is 10.1. The van der Waals surface area contributed by atoms with Crippen LogP contribution >= 0.6 is 0 Å². The Hall–Kier alpha value is -2.29. The number of nitrogens with one attached hydrogen (secondary N) is 1. The first-order chi connectivity index (χ1) is 8.27. The van der Waals surface area contributed by atoms with Crippen molar-refractivity contribution in [3.05, 3.63) is 60.2 Å². The molecule has 3 heteroatoms. The molecule has 0 aliphatic carbocycles. The van der Waals surface area contributed by atoms with Crippen LogP contribution in [0.3, 0.4) is 0 Å². The third-order valence-corrected chi connectivity index (χ3v) is 2.43. The van der Waals surface area contributed by atoms with Gasteiger partial charge < -0.3 is 10.4 Å². The molecule has 0 saturated heterocycles. The quantitative estimate of drug-likeness (QED) is 0.789. The number of phenolic OH excluding ortho intramolecular Hbond substituents is 1. The molecule has 2 rings (SSSR count). The number of Topliss-reactive ketones (excluding diaryl/α,β-unsaturated/α-hetero) is 1. The number of phenols is 1. The van der Waals surface area contributed by atoms with Gasteiger partial charge in [-0.05, 0) is 24.3 Å². The van der Waals surface area contributed by atoms with Crippen LogP contribution in [0.25, 0.3) is 0 Å². The Balaban J connectivity index is 2.01. The van der Waals surface area contributed by atoms with E-state index in [2.05, 4.69) is 5.32 Å². The van der Waals surface area contributed by atoms with Gasteiger partial charge in [-0.15, -0.1) is 0 Å². The molecule has 86 valence electrons. The molecule has 3 nitrogen and oxygen atoms in total. The molecule has 0 aromatic heterocycles. The first-order valence-corrected chi connectivity index (χ1v) is 5.37. The van der Waals surface area contributed by atoms with Gasteiger partial charge in [-0.1, -0.05) is 30.3 Å². The van der Waals surface area contributed by atoms with E-state index in [1.165, 1.54) is 6.07 Å². The van der Waals surface area contributed by atoms with Gasteiger partial charge in [-0.2, -0.15) is 0 Å². The summed E-state index contributed by atoms with van der Waals surface area (Å²) in [6.07, 6.45) is 0. The van der Waals surface area contributed by atoms with E-state index in [-0.39, 0.29) is 18.1 Å². The number of para-hydroxylation sites is 2. The Morgan fingerprint density at radius 2 is 1.65 bits per heavy atom. The van der Waals surface area contributed by atoms with Gasteiger partial charge >= 0.3 is 0 Å². The summed E-state index contributed by atoms with van der Waals surface area (Å²) in [4.78, 5) is 11.8. The third-order valence-electron chi connectivity index (χ3n) is 2.43. The van der Waals surface area contributed by atoms with Gasteiger partial charge in [0.05, 0.1) is 12.1 Å². The highest BCUT2D eigenvalue weighted by Crippen LogP contribution is 2.16. The number of aromatic hydroxyl groups is 1. The maximum Gasteiger partial charge on any atom is 0.185 e. The number of carbonyl (C=O) groups excluding carboxylic acids is 1. The largest absolute Gasteiger partial charge is 0.507 e. The van der Waals surface area contributed by atoms with Crippen molar-refractivity contribution < 1.29 is 9.90 Å². The summed E-state index contributed by atoms with van der Waals surface area (Å²) in [6.45, 7) is 0.168. The Morgan fingerprint density at radius 1 is 1.00 bits per heavy atom. The van der Waals surface area contributed by atoms with Crippen LogP contribution in [0, 0.1) is 0 Å². The molecule has 0 heterocycles. The molecule has 2 aromatic rings. The summed E-state index contributed by atoms with van der Waals surface area (Å²) >= 11 is 0. The summed E-state index contributed by atoms with van der Waals surface area (Å²) in [5, 5.41) is 12.5. The van der Waals surface area contributed by atoms with Gasteiger partial charge in [0.1, 0.15) is 5.75 Å². The molecule has 0 radical (unpaired) electrons. The summed E-state index contributed by atoms with van der Waals surface area (Å²) in [5.41, 5.74) is 1.23. The molecule has 0 bridgehead atoms. The van der Waals surface area contributed by atoms with E-state index >= 15 is 0 Å². The molecular formula is C14H13NO2. The molecule has 0 aliphatic heterocycles. The van der Waals surface area contributed by atoms with Gasteiger partial charge in [-0.3, -0.25) is 4.79 Å². The van der Waals surface area contributed by atoms with E-state index in [1.54, 1.807) is 18.2 Å². The van der Waals surface area contributed by atoms with Crippen LogP contribution in [-0.2, 0) is 0 Å². The second-order valence-corrected chi connectivity index (χ2v) is 3.66. The molecule has 2 N–H and O–H groups in total. The highest BCUT2D eigenvalue weighted by Gasteiger charge is 2.09. The van der Waals surface area contributed by atoms with Crippen molar-refractivity contribution in [1.29, 1.82) is 0 Å². The lowest BCUT2D eigenvalue weighted by molar-refractivity contribution is 0.100. The topological polar surface area (TPSA) is 49.3 Å². The number of hydrogen-bond acceptors (Lipinski definition) is 3. The lowest BCUT2D eigenvalue weighted by Crippen LogP contribution is -2.13. The average molecular weight is 227 g/mol. The standard InChI is InChI=1S/C14H13NO2/c16-13-9-5-4-8-12(13)14(17)10-15-11-6-2-1-3-7-11/h1-9,15-16H,10H2. The maximum absolute atomic E-state index is 11.8. The number of hydrogen-bond donors (Lipinski definition) is 2. The van der Waals surface area contributed by atoms with E-state index < -0.39 is 0 Å². The van der Waals surface area contributed by atoms with Gasteiger partial charge in [0.2, 0.25) is 0 Å². The van der Waals surface area contributed by atoms with E-state index in [0.717, 1.165) is 5.69 Å². The normalized spacial score (nSPS) is 9.88. The smallest absolute Gasteiger partial charge is 0.185 e. The number of rotatable bonds is 4. The second-order valence-electron chi connectivity index (χ2n) is 3.66. The van der Waals surface area contributed by atoms with Crippen LogP contribution in [0.15, 0.2) is 54.6 Å². The van der Waals surface area contributed by atoms with Gasteiger partial charge in [0.25, 0.3) is 0 Å². The molecule has 0 amide bonds. The molecular weight excluding hydrogens is 214 g/mol. The second kappa shape index (κ2) is 5.16. The summed E-state index contributed by atoms with van der Waals surface area (Å²) < 4.78 is 0. The average Bonchev–Trinajstić information content (AvgIpc) is 2.38. The minimum absolute atomic E-state index is 0.0207. The fourth-order valence-electron chi connectivity index (χ4n) is 1.54. The molecule has 2 aromatic carbocycles. The van der Waals surface area contributed by atoms with Crippen molar-refractivity contribution in [3.8, 4) is 5.75 Å². The van der Waals surface area contributed by atoms with Gasteiger partial charge in [0, 0.05) is 5.69 Å². The Labute approximate surface area is 99.7 Å². The maximum atomic E-state index is 11.8. The Kier molecular flexibility index (Phi) is 3.40. The summed E-state index contributed by atoms with van der Waals surface area (Å²) in [6, 6.07) is 16.0. The van der Waals surface area contributed by atoms with Crippen molar-refractivity contribution in [2.75, 3.05) is 11.9 Å². The minimum Gasteiger partial charge on any atom is -0.507 e. The van der Waals surface area contributed by atoms with E-state index in [0.29, 0.717) is 5.56 Å². The fraction of sp³-hybridized carbons (Fsp3) is 0.0714. The van der Waals surface area contributed by atoms with Crippen molar-refractivity contribution >= 4 is 11.5 Å². The molecule has 0 atom stereocenters. The predicted octanol–water partition coefficient (Wildman–Crippen LogP) is 2.69. The van der Waals surface area contributed by atoms with Crippen molar-refractivity contribution in [2.45, 2.75) is 0 Å². The van der Waals surface area contributed by atoms with Crippen molar-refractivity contribution in [1.82, 2.24) is 0 Å². The fourth-order valence-corrected chi connectivity index (χ4v) is 1.54.